The Morgan fingerprint density at radius 2 is 2.10 bits per heavy atom. The lowest BCUT2D eigenvalue weighted by atomic mass is 10.2. The first-order chi connectivity index (χ1) is 9.56. The lowest BCUT2D eigenvalue weighted by Gasteiger charge is -2.12. The van der Waals surface area contributed by atoms with Crippen LogP contribution < -0.4 is 10.6 Å². The summed E-state index contributed by atoms with van der Waals surface area (Å²) in [6.07, 6.45) is 4.58. The van der Waals surface area contributed by atoms with Gasteiger partial charge in [0.15, 0.2) is 0 Å². The van der Waals surface area contributed by atoms with Gasteiger partial charge in [0.1, 0.15) is 5.69 Å². The van der Waals surface area contributed by atoms with Crippen LogP contribution in [-0.4, -0.2) is 23.4 Å². The van der Waals surface area contributed by atoms with E-state index in [4.69, 9.17) is 0 Å². The van der Waals surface area contributed by atoms with Crippen LogP contribution in [0.15, 0.2) is 18.2 Å². The predicted molar refractivity (Wildman–Crippen MR) is 76.7 cm³/mol. The number of anilines is 1. The van der Waals surface area contributed by atoms with Gasteiger partial charge in [-0.05, 0) is 31.4 Å². The van der Waals surface area contributed by atoms with E-state index in [2.05, 4.69) is 10.6 Å². The van der Waals surface area contributed by atoms with Gasteiger partial charge in [0.2, 0.25) is 5.91 Å². The van der Waals surface area contributed by atoms with Crippen molar-refractivity contribution in [1.82, 2.24) is 5.32 Å². The molecule has 20 heavy (non-hydrogen) atoms. The molecule has 0 aliphatic heterocycles. The molecule has 1 fully saturated rings. The Kier molecular flexibility index (Phi) is 4.68. The highest BCUT2D eigenvalue weighted by Gasteiger charge is 2.18. The van der Waals surface area contributed by atoms with E-state index < -0.39 is 4.92 Å². The van der Waals surface area contributed by atoms with E-state index in [0.29, 0.717) is 6.04 Å². The second kappa shape index (κ2) is 6.47. The van der Waals surface area contributed by atoms with Crippen molar-refractivity contribution >= 4 is 17.3 Å². The van der Waals surface area contributed by atoms with Crippen LogP contribution in [0.3, 0.4) is 0 Å². The lowest BCUT2D eigenvalue weighted by molar-refractivity contribution is -0.383. The molecule has 2 N–H and O–H groups in total. The number of rotatable bonds is 5. The van der Waals surface area contributed by atoms with Crippen molar-refractivity contribution in [3.8, 4) is 0 Å². The summed E-state index contributed by atoms with van der Waals surface area (Å²) >= 11 is 0. The monoisotopic (exact) mass is 277 g/mol. The summed E-state index contributed by atoms with van der Waals surface area (Å²) in [7, 11) is 0. The number of nitro benzene ring substituents is 1. The van der Waals surface area contributed by atoms with E-state index in [1.807, 2.05) is 6.92 Å². The maximum absolute atomic E-state index is 11.9. The number of nitrogens with zero attached hydrogens (tertiary/aromatic N) is 1. The minimum Gasteiger partial charge on any atom is -0.319 e. The van der Waals surface area contributed by atoms with E-state index in [1.54, 1.807) is 12.1 Å². The van der Waals surface area contributed by atoms with Crippen LogP contribution in [0.2, 0.25) is 0 Å². The van der Waals surface area contributed by atoms with Crippen molar-refractivity contribution in [2.24, 2.45) is 0 Å². The second-order valence-electron chi connectivity index (χ2n) is 5.19. The van der Waals surface area contributed by atoms with Crippen molar-refractivity contribution in [3.05, 3.63) is 33.9 Å². The third-order valence-corrected chi connectivity index (χ3v) is 3.53. The molecule has 0 bridgehead atoms. The van der Waals surface area contributed by atoms with Crippen molar-refractivity contribution < 1.29 is 9.72 Å². The van der Waals surface area contributed by atoms with Gasteiger partial charge in [0.25, 0.3) is 5.69 Å². The molecule has 1 saturated carbocycles. The third-order valence-electron chi connectivity index (χ3n) is 3.53. The first-order valence-electron chi connectivity index (χ1n) is 6.84. The smallest absolute Gasteiger partial charge is 0.292 e. The van der Waals surface area contributed by atoms with Crippen LogP contribution in [0.5, 0.6) is 0 Å². The summed E-state index contributed by atoms with van der Waals surface area (Å²) < 4.78 is 0. The molecular formula is C14H19N3O3. The molecule has 0 heterocycles. The molecular weight excluding hydrogens is 258 g/mol. The van der Waals surface area contributed by atoms with E-state index in [0.717, 1.165) is 18.4 Å². The second-order valence-corrected chi connectivity index (χ2v) is 5.19. The molecule has 0 atom stereocenters. The zero-order chi connectivity index (χ0) is 14.5. The number of carbonyl (C=O) groups excluding carboxylic acids is 1. The molecule has 0 aromatic heterocycles. The van der Waals surface area contributed by atoms with Crippen molar-refractivity contribution in [2.75, 3.05) is 11.9 Å². The molecule has 0 unspecified atom stereocenters. The Morgan fingerprint density at radius 3 is 2.75 bits per heavy atom. The molecule has 1 amide bonds. The van der Waals surface area contributed by atoms with E-state index in [-0.39, 0.29) is 23.8 Å². The highest BCUT2D eigenvalue weighted by Crippen LogP contribution is 2.25. The number of benzene rings is 1. The zero-order valence-corrected chi connectivity index (χ0v) is 11.5. The van der Waals surface area contributed by atoms with Gasteiger partial charge in [-0.1, -0.05) is 18.9 Å². The zero-order valence-electron chi connectivity index (χ0n) is 11.5. The number of carbonyl (C=O) groups is 1. The van der Waals surface area contributed by atoms with Gasteiger partial charge in [-0.2, -0.15) is 0 Å². The molecule has 108 valence electrons. The van der Waals surface area contributed by atoms with Crippen molar-refractivity contribution in [3.63, 3.8) is 0 Å². The Morgan fingerprint density at radius 1 is 1.40 bits per heavy atom. The lowest BCUT2D eigenvalue weighted by Crippen LogP contribution is -2.34. The van der Waals surface area contributed by atoms with Crippen LogP contribution in [0.4, 0.5) is 11.4 Å². The normalized spacial score (nSPS) is 15.2. The fraction of sp³-hybridized carbons (Fsp3) is 0.500. The Labute approximate surface area is 117 Å². The molecule has 0 radical (unpaired) electrons. The summed E-state index contributed by atoms with van der Waals surface area (Å²) in [5.74, 6) is -0.245. The average Bonchev–Trinajstić information content (AvgIpc) is 2.89. The van der Waals surface area contributed by atoms with Crippen molar-refractivity contribution in [1.29, 1.82) is 0 Å². The maximum Gasteiger partial charge on any atom is 0.292 e. The minimum absolute atomic E-state index is 0.0789. The molecule has 0 saturated heterocycles. The number of nitrogens with one attached hydrogen (secondary N) is 2. The van der Waals surface area contributed by atoms with Crippen LogP contribution in [0.1, 0.15) is 31.2 Å². The van der Waals surface area contributed by atoms with Gasteiger partial charge in [0, 0.05) is 12.1 Å². The molecule has 2 rings (SSSR count). The SMILES string of the molecule is Cc1ccc([N+](=O)[O-])c(NC(=O)CNC2CCCC2)c1. The first-order valence-corrected chi connectivity index (χ1v) is 6.84. The molecule has 1 aliphatic rings. The van der Waals surface area contributed by atoms with Gasteiger partial charge in [-0.3, -0.25) is 14.9 Å². The summed E-state index contributed by atoms with van der Waals surface area (Å²) in [5.41, 5.74) is 1.05. The summed E-state index contributed by atoms with van der Waals surface area (Å²) in [6.45, 7) is 2.02. The van der Waals surface area contributed by atoms with E-state index >= 15 is 0 Å². The Balaban J connectivity index is 1.96. The summed E-state index contributed by atoms with van der Waals surface area (Å²) in [6, 6.07) is 5.08. The van der Waals surface area contributed by atoms with E-state index in [9.17, 15) is 14.9 Å². The van der Waals surface area contributed by atoms with Gasteiger partial charge < -0.3 is 10.6 Å². The van der Waals surface area contributed by atoms with Gasteiger partial charge in [-0.15, -0.1) is 0 Å². The minimum atomic E-state index is -0.487. The summed E-state index contributed by atoms with van der Waals surface area (Å²) in [5, 5.41) is 16.7. The van der Waals surface area contributed by atoms with Crippen LogP contribution in [-0.2, 0) is 4.79 Å². The fourth-order valence-electron chi connectivity index (χ4n) is 2.47. The molecule has 1 aromatic carbocycles. The van der Waals surface area contributed by atoms with Gasteiger partial charge >= 0.3 is 0 Å². The summed E-state index contributed by atoms with van der Waals surface area (Å²) in [4.78, 5) is 22.3. The molecule has 1 aliphatic carbocycles. The number of hydrogen-bond donors (Lipinski definition) is 2. The van der Waals surface area contributed by atoms with Crippen LogP contribution in [0.25, 0.3) is 0 Å². The largest absolute Gasteiger partial charge is 0.319 e. The average molecular weight is 277 g/mol. The molecule has 0 spiro atoms. The number of aryl methyl sites for hydroxylation is 1. The predicted octanol–water partition coefficient (Wildman–Crippen LogP) is 2.37. The quantitative estimate of drug-likeness (QED) is 0.639. The van der Waals surface area contributed by atoms with Gasteiger partial charge in [0.05, 0.1) is 11.5 Å². The molecule has 6 nitrogen and oxygen atoms in total. The highest BCUT2D eigenvalue weighted by molar-refractivity contribution is 5.94. The van der Waals surface area contributed by atoms with Crippen LogP contribution in [0, 0.1) is 17.0 Å². The topological polar surface area (TPSA) is 84.3 Å². The first kappa shape index (κ1) is 14.5. The number of amides is 1. The molecule has 1 aromatic rings. The maximum atomic E-state index is 11.9. The molecule has 6 heteroatoms. The third kappa shape index (κ3) is 3.77. The highest BCUT2D eigenvalue weighted by atomic mass is 16.6. The van der Waals surface area contributed by atoms with E-state index in [1.165, 1.54) is 18.9 Å². The Bertz CT molecular complexity index is 510. The number of hydrogen-bond acceptors (Lipinski definition) is 4. The number of nitro groups is 1. The fourth-order valence-corrected chi connectivity index (χ4v) is 2.47. The van der Waals surface area contributed by atoms with Crippen molar-refractivity contribution in [2.45, 2.75) is 38.6 Å². The van der Waals surface area contributed by atoms with Gasteiger partial charge in [-0.25, -0.2) is 0 Å². The standard InChI is InChI=1S/C14H19N3O3/c1-10-6-7-13(17(19)20)12(8-10)16-14(18)9-15-11-4-2-3-5-11/h6-8,11,15H,2-5,9H2,1H3,(H,16,18). The Hall–Kier alpha value is -1.95. The van der Waals surface area contributed by atoms with Crippen LogP contribution >= 0.6 is 0 Å².